The number of allylic oxidation sites excluding steroid dienone is 4. The van der Waals surface area contributed by atoms with Gasteiger partial charge in [0.2, 0.25) is 0 Å². The molecule has 0 aromatic rings. The van der Waals surface area contributed by atoms with E-state index in [1.165, 1.54) is 37.7 Å². The second-order valence-corrected chi connectivity index (χ2v) is 4.47. The van der Waals surface area contributed by atoms with Gasteiger partial charge in [-0.3, -0.25) is 4.79 Å². The van der Waals surface area contributed by atoms with E-state index in [-0.39, 0.29) is 5.92 Å². The minimum Gasteiger partial charge on any atom is -0.299 e. The fourth-order valence-electron chi connectivity index (χ4n) is 2.69. The number of carbonyl (C=O) groups excluding carboxylic acids is 1. The first-order valence-electron chi connectivity index (χ1n) is 5.68. The molecule has 1 fully saturated rings. The fraction of sp³-hybridized carbons (Fsp3) is 0.615. The van der Waals surface area contributed by atoms with Crippen molar-refractivity contribution in [2.24, 2.45) is 11.8 Å². The van der Waals surface area contributed by atoms with E-state index in [9.17, 15) is 4.79 Å². The third-order valence-electron chi connectivity index (χ3n) is 3.47. The molecule has 14 heavy (non-hydrogen) atoms. The molecule has 1 nitrogen and oxygen atoms in total. The van der Waals surface area contributed by atoms with E-state index in [2.05, 4.69) is 12.2 Å². The first-order valence-corrected chi connectivity index (χ1v) is 5.68. The van der Waals surface area contributed by atoms with Crippen LogP contribution >= 0.6 is 0 Å². The highest BCUT2D eigenvalue weighted by molar-refractivity contribution is 5.84. The van der Waals surface area contributed by atoms with Crippen LogP contribution in [0.1, 0.15) is 39.0 Å². The van der Waals surface area contributed by atoms with Gasteiger partial charge in [-0.1, -0.05) is 43.1 Å². The largest absolute Gasteiger partial charge is 0.299 e. The summed E-state index contributed by atoms with van der Waals surface area (Å²) in [4.78, 5) is 11.4. The SMILES string of the molecule is CC(=O)C1C=CC=C1C1CCCCC1. The Kier molecular flexibility index (Phi) is 2.85. The van der Waals surface area contributed by atoms with Crippen molar-refractivity contribution in [1.82, 2.24) is 0 Å². The molecule has 1 saturated carbocycles. The molecule has 0 spiro atoms. The summed E-state index contributed by atoms with van der Waals surface area (Å²) in [6.07, 6.45) is 12.9. The maximum Gasteiger partial charge on any atom is 0.140 e. The van der Waals surface area contributed by atoms with Crippen LogP contribution in [0.5, 0.6) is 0 Å². The van der Waals surface area contributed by atoms with Gasteiger partial charge >= 0.3 is 0 Å². The Labute approximate surface area is 85.9 Å². The Balaban J connectivity index is 2.06. The Hall–Kier alpha value is -0.850. The van der Waals surface area contributed by atoms with Gasteiger partial charge < -0.3 is 0 Å². The third kappa shape index (κ3) is 1.82. The lowest BCUT2D eigenvalue weighted by Crippen LogP contribution is -2.18. The highest BCUT2D eigenvalue weighted by atomic mass is 16.1. The van der Waals surface area contributed by atoms with Gasteiger partial charge in [-0.05, 0) is 25.7 Å². The molecular formula is C13H18O. The summed E-state index contributed by atoms with van der Waals surface area (Å²) in [5.74, 6) is 1.10. The molecule has 0 aromatic heterocycles. The Morgan fingerprint density at radius 3 is 2.64 bits per heavy atom. The fourth-order valence-corrected chi connectivity index (χ4v) is 2.69. The van der Waals surface area contributed by atoms with Crippen LogP contribution in [0.25, 0.3) is 0 Å². The maximum atomic E-state index is 11.4. The Morgan fingerprint density at radius 1 is 1.29 bits per heavy atom. The van der Waals surface area contributed by atoms with Gasteiger partial charge in [0.25, 0.3) is 0 Å². The zero-order valence-corrected chi connectivity index (χ0v) is 8.83. The molecule has 0 aliphatic heterocycles. The second kappa shape index (κ2) is 4.12. The Bertz CT molecular complexity index is 280. The van der Waals surface area contributed by atoms with Crippen LogP contribution in [0.3, 0.4) is 0 Å². The van der Waals surface area contributed by atoms with Crippen LogP contribution < -0.4 is 0 Å². The first kappa shape index (κ1) is 9.70. The monoisotopic (exact) mass is 190 g/mol. The number of ketones is 1. The minimum absolute atomic E-state index is 0.109. The van der Waals surface area contributed by atoms with Gasteiger partial charge in [0.1, 0.15) is 5.78 Å². The van der Waals surface area contributed by atoms with E-state index < -0.39 is 0 Å². The number of hydrogen-bond donors (Lipinski definition) is 0. The topological polar surface area (TPSA) is 17.1 Å². The third-order valence-corrected chi connectivity index (χ3v) is 3.47. The predicted molar refractivity (Wildman–Crippen MR) is 58.0 cm³/mol. The van der Waals surface area contributed by atoms with Gasteiger partial charge in [0.15, 0.2) is 0 Å². The molecule has 1 heteroatoms. The summed E-state index contributed by atoms with van der Waals surface area (Å²) >= 11 is 0. The lowest BCUT2D eigenvalue weighted by atomic mass is 9.79. The molecule has 0 aromatic carbocycles. The zero-order chi connectivity index (χ0) is 9.97. The first-order chi connectivity index (χ1) is 6.79. The minimum atomic E-state index is 0.109. The van der Waals surface area contributed by atoms with E-state index in [4.69, 9.17) is 0 Å². The molecule has 0 radical (unpaired) electrons. The number of carbonyl (C=O) groups is 1. The van der Waals surface area contributed by atoms with Crippen molar-refractivity contribution in [2.75, 3.05) is 0 Å². The van der Waals surface area contributed by atoms with E-state index in [0.29, 0.717) is 11.7 Å². The lowest BCUT2D eigenvalue weighted by molar-refractivity contribution is -0.118. The highest BCUT2D eigenvalue weighted by Crippen LogP contribution is 2.36. The lowest BCUT2D eigenvalue weighted by Gasteiger charge is -2.25. The summed E-state index contributed by atoms with van der Waals surface area (Å²) in [6.45, 7) is 1.71. The smallest absolute Gasteiger partial charge is 0.140 e. The van der Waals surface area contributed by atoms with Crippen molar-refractivity contribution in [3.63, 3.8) is 0 Å². The van der Waals surface area contributed by atoms with Gasteiger partial charge in [0, 0.05) is 0 Å². The predicted octanol–water partition coefficient (Wildman–Crippen LogP) is 3.27. The summed E-state index contributed by atoms with van der Waals surface area (Å²) in [7, 11) is 0. The van der Waals surface area contributed by atoms with E-state index in [1.54, 1.807) is 6.92 Å². The van der Waals surface area contributed by atoms with Crippen molar-refractivity contribution in [3.05, 3.63) is 23.8 Å². The van der Waals surface area contributed by atoms with Gasteiger partial charge in [-0.25, -0.2) is 0 Å². The molecule has 0 saturated heterocycles. The van der Waals surface area contributed by atoms with Gasteiger partial charge in [-0.2, -0.15) is 0 Å². The standard InChI is InChI=1S/C13H18O/c1-10(14)12-8-5-9-13(12)11-6-3-2-4-7-11/h5,8-9,11-12H,2-4,6-7H2,1H3. The number of Topliss-reactive ketones (excluding diaryl/α,β-unsaturated/α-hetero) is 1. The molecule has 2 rings (SSSR count). The van der Waals surface area contributed by atoms with Crippen LogP contribution in [0, 0.1) is 11.8 Å². The highest BCUT2D eigenvalue weighted by Gasteiger charge is 2.27. The zero-order valence-electron chi connectivity index (χ0n) is 8.83. The second-order valence-electron chi connectivity index (χ2n) is 4.47. The van der Waals surface area contributed by atoms with E-state index in [1.807, 2.05) is 6.08 Å². The average molecular weight is 190 g/mol. The van der Waals surface area contributed by atoms with Crippen LogP contribution in [-0.2, 0) is 4.79 Å². The van der Waals surface area contributed by atoms with Gasteiger partial charge in [0.05, 0.1) is 5.92 Å². The molecule has 0 heterocycles. The molecule has 0 bridgehead atoms. The number of hydrogen-bond acceptors (Lipinski definition) is 1. The quantitative estimate of drug-likeness (QED) is 0.653. The van der Waals surface area contributed by atoms with Crippen LogP contribution in [0.4, 0.5) is 0 Å². The van der Waals surface area contributed by atoms with Crippen molar-refractivity contribution >= 4 is 5.78 Å². The van der Waals surface area contributed by atoms with Crippen LogP contribution in [0.15, 0.2) is 23.8 Å². The molecule has 2 aliphatic rings. The molecular weight excluding hydrogens is 172 g/mol. The van der Waals surface area contributed by atoms with E-state index in [0.717, 1.165) is 0 Å². The molecule has 1 atom stereocenters. The van der Waals surface area contributed by atoms with Gasteiger partial charge in [-0.15, -0.1) is 0 Å². The molecule has 0 amide bonds. The van der Waals surface area contributed by atoms with Crippen molar-refractivity contribution in [1.29, 1.82) is 0 Å². The normalized spacial score (nSPS) is 27.8. The molecule has 1 unspecified atom stereocenters. The Morgan fingerprint density at radius 2 is 2.00 bits per heavy atom. The maximum absolute atomic E-state index is 11.4. The molecule has 0 N–H and O–H groups in total. The summed E-state index contributed by atoms with van der Waals surface area (Å²) < 4.78 is 0. The molecule has 76 valence electrons. The van der Waals surface area contributed by atoms with Crippen molar-refractivity contribution in [3.8, 4) is 0 Å². The van der Waals surface area contributed by atoms with Crippen molar-refractivity contribution in [2.45, 2.75) is 39.0 Å². The van der Waals surface area contributed by atoms with Crippen molar-refractivity contribution < 1.29 is 4.79 Å². The summed E-state index contributed by atoms with van der Waals surface area (Å²) in [5, 5.41) is 0. The van der Waals surface area contributed by atoms with Crippen LogP contribution in [-0.4, -0.2) is 5.78 Å². The summed E-state index contributed by atoms with van der Waals surface area (Å²) in [5.41, 5.74) is 1.39. The average Bonchev–Trinajstić information content (AvgIpc) is 2.67. The van der Waals surface area contributed by atoms with E-state index >= 15 is 0 Å². The van der Waals surface area contributed by atoms with Crippen LogP contribution in [0.2, 0.25) is 0 Å². The molecule has 2 aliphatic carbocycles. The summed E-state index contributed by atoms with van der Waals surface area (Å²) in [6, 6.07) is 0. The number of rotatable bonds is 2.